The van der Waals surface area contributed by atoms with E-state index in [0.29, 0.717) is 6.54 Å². The number of amides is 1. The quantitative estimate of drug-likeness (QED) is 0.875. The molecule has 5 heteroatoms. The molecule has 2 aromatic rings. The van der Waals surface area contributed by atoms with Gasteiger partial charge in [0.05, 0.1) is 18.6 Å². The molecule has 0 aliphatic heterocycles. The van der Waals surface area contributed by atoms with Crippen molar-refractivity contribution in [2.45, 2.75) is 20.8 Å². The van der Waals surface area contributed by atoms with Crippen LogP contribution in [-0.4, -0.2) is 28.5 Å². The molecule has 106 valence electrons. The van der Waals surface area contributed by atoms with E-state index in [2.05, 4.69) is 15.6 Å². The fraction of sp³-hybridized carbons (Fsp3) is 0.333. The molecule has 1 aromatic heterocycles. The van der Waals surface area contributed by atoms with Crippen LogP contribution in [0.25, 0.3) is 5.69 Å². The van der Waals surface area contributed by atoms with Crippen molar-refractivity contribution < 1.29 is 4.79 Å². The Bertz CT molecular complexity index is 586. The number of anilines is 1. The number of aromatic nitrogens is 2. The summed E-state index contributed by atoms with van der Waals surface area (Å²) >= 11 is 0. The smallest absolute Gasteiger partial charge is 0.238 e. The molecule has 0 aliphatic carbocycles. The summed E-state index contributed by atoms with van der Waals surface area (Å²) in [5.74, 6) is -0.0331. The molecule has 2 rings (SSSR count). The Kier molecular flexibility index (Phi) is 4.53. The maximum atomic E-state index is 11.6. The molecule has 1 heterocycles. The Morgan fingerprint density at radius 1 is 1.25 bits per heavy atom. The molecule has 20 heavy (non-hydrogen) atoms. The third kappa shape index (κ3) is 3.24. The first-order valence-corrected chi connectivity index (χ1v) is 6.73. The van der Waals surface area contributed by atoms with Gasteiger partial charge in [0.15, 0.2) is 0 Å². The highest BCUT2D eigenvalue weighted by Gasteiger charge is 2.05. The largest absolute Gasteiger partial charge is 0.325 e. The normalized spacial score (nSPS) is 10.6. The van der Waals surface area contributed by atoms with Crippen LogP contribution >= 0.6 is 0 Å². The molecule has 5 nitrogen and oxygen atoms in total. The van der Waals surface area contributed by atoms with Crippen LogP contribution < -0.4 is 10.6 Å². The first-order chi connectivity index (χ1) is 9.61. The summed E-state index contributed by atoms with van der Waals surface area (Å²) in [6, 6.07) is 7.73. The second kappa shape index (κ2) is 6.34. The van der Waals surface area contributed by atoms with Crippen molar-refractivity contribution >= 4 is 11.6 Å². The van der Waals surface area contributed by atoms with E-state index in [4.69, 9.17) is 0 Å². The van der Waals surface area contributed by atoms with Crippen LogP contribution in [0.15, 0.2) is 30.6 Å². The van der Waals surface area contributed by atoms with Gasteiger partial charge in [0, 0.05) is 17.1 Å². The Hall–Kier alpha value is -2.14. The van der Waals surface area contributed by atoms with Crippen molar-refractivity contribution in [1.82, 2.24) is 14.9 Å². The molecule has 0 spiro atoms. The van der Waals surface area contributed by atoms with E-state index in [1.807, 2.05) is 55.9 Å². The van der Waals surface area contributed by atoms with Gasteiger partial charge in [0.2, 0.25) is 5.91 Å². The number of aryl methyl sites for hydroxylation is 1. The highest BCUT2D eigenvalue weighted by molar-refractivity contribution is 5.92. The van der Waals surface area contributed by atoms with Gasteiger partial charge < -0.3 is 15.2 Å². The molecule has 0 unspecified atom stereocenters. The van der Waals surface area contributed by atoms with Gasteiger partial charge in [-0.15, -0.1) is 0 Å². The molecule has 2 N–H and O–H groups in total. The van der Waals surface area contributed by atoms with Gasteiger partial charge in [-0.1, -0.05) is 6.92 Å². The van der Waals surface area contributed by atoms with Crippen molar-refractivity contribution in [3.8, 4) is 5.69 Å². The van der Waals surface area contributed by atoms with Gasteiger partial charge in [0.25, 0.3) is 0 Å². The molecular weight excluding hydrogens is 252 g/mol. The van der Waals surface area contributed by atoms with Crippen LogP contribution in [0, 0.1) is 13.8 Å². The maximum absolute atomic E-state index is 11.6. The van der Waals surface area contributed by atoms with E-state index < -0.39 is 0 Å². The van der Waals surface area contributed by atoms with E-state index in [-0.39, 0.29) is 5.91 Å². The van der Waals surface area contributed by atoms with E-state index >= 15 is 0 Å². The number of likely N-dealkylation sites (N-methyl/N-ethyl adjacent to an activating group) is 1. The fourth-order valence-electron chi connectivity index (χ4n) is 1.91. The van der Waals surface area contributed by atoms with Crippen LogP contribution in [0.2, 0.25) is 0 Å². The number of carbonyl (C=O) groups is 1. The van der Waals surface area contributed by atoms with E-state index in [0.717, 1.165) is 29.3 Å². The van der Waals surface area contributed by atoms with Crippen molar-refractivity contribution in [2.75, 3.05) is 18.4 Å². The van der Waals surface area contributed by atoms with Crippen LogP contribution in [0.4, 0.5) is 5.69 Å². The summed E-state index contributed by atoms with van der Waals surface area (Å²) in [5.41, 5.74) is 3.97. The monoisotopic (exact) mass is 272 g/mol. The predicted octanol–water partition coefficient (Wildman–Crippen LogP) is 2.04. The fourth-order valence-corrected chi connectivity index (χ4v) is 1.91. The zero-order chi connectivity index (χ0) is 14.5. The summed E-state index contributed by atoms with van der Waals surface area (Å²) in [5, 5.41) is 5.84. The highest BCUT2D eigenvalue weighted by atomic mass is 16.1. The summed E-state index contributed by atoms with van der Waals surface area (Å²) in [7, 11) is 0. The van der Waals surface area contributed by atoms with Gasteiger partial charge in [-0.25, -0.2) is 4.98 Å². The van der Waals surface area contributed by atoms with Crippen molar-refractivity contribution in [1.29, 1.82) is 0 Å². The Morgan fingerprint density at radius 2 is 1.95 bits per heavy atom. The Labute approximate surface area is 119 Å². The minimum atomic E-state index is -0.0331. The molecule has 0 saturated heterocycles. The molecule has 0 bridgehead atoms. The lowest BCUT2D eigenvalue weighted by Crippen LogP contribution is -2.27. The van der Waals surface area contributed by atoms with Gasteiger partial charge in [-0.3, -0.25) is 4.79 Å². The van der Waals surface area contributed by atoms with E-state index in [1.54, 1.807) is 0 Å². The third-order valence-corrected chi connectivity index (χ3v) is 3.22. The van der Waals surface area contributed by atoms with Gasteiger partial charge >= 0.3 is 0 Å². The van der Waals surface area contributed by atoms with Crippen LogP contribution in [0.5, 0.6) is 0 Å². The second-order valence-corrected chi connectivity index (χ2v) is 4.66. The SMILES string of the molecule is CCNCC(=O)Nc1ccc(-n2cnc(C)c2C)cc1. The molecule has 1 amide bonds. The number of carbonyl (C=O) groups excluding carboxylic acids is 1. The molecule has 0 fully saturated rings. The molecular formula is C15H20N4O. The predicted molar refractivity (Wildman–Crippen MR) is 80.2 cm³/mol. The average molecular weight is 272 g/mol. The first-order valence-electron chi connectivity index (χ1n) is 6.73. The zero-order valence-electron chi connectivity index (χ0n) is 12.1. The molecule has 0 aliphatic rings. The summed E-state index contributed by atoms with van der Waals surface area (Å²) in [4.78, 5) is 15.9. The lowest BCUT2D eigenvalue weighted by molar-refractivity contribution is -0.115. The van der Waals surface area contributed by atoms with Crippen molar-refractivity contribution in [2.24, 2.45) is 0 Å². The summed E-state index contributed by atoms with van der Waals surface area (Å²) in [6.45, 7) is 7.11. The van der Waals surface area contributed by atoms with E-state index in [9.17, 15) is 4.79 Å². The molecule has 0 radical (unpaired) electrons. The third-order valence-electron chi connectivity index (χ3n) is 3.22. The molecule has 0 saturated carbocycles. The highest BCUT2D eigenvalue weighted by Crippen LogP contribution is 2.16. The maximum Gasteiger partial charge on any atom is 0.238 e. The van der Waals surface area contributed by atoms with Crippen molar-refractivity contribution in [3.63, 3.8) is 0 Å². The minimum absolute atomic E-state index is 0.0331. The minimum Gasteiger partial charge on any atom is -0.325 e. The van der Waals surface area contributed by atoms with E-state index in [1.165, 1.54) is 0 Å². The number of nitrogens with zero attached hydrogens (tertiary/aromatic N) is 2. The molecule has 1 aromatic carbocycles. The average Bonchev–Trinajstić information content (AvgIpc) is 2.78. The topological polar surface area (TPSA) is 59.0 Å². The second-order valence-electron chi connectivity index (χ2n) is 4.66. The lowest BCUT2D eigenvalue weighted by atomic mass is 10.2. The number of nitrogens with one attached hydrogen (secondary N) is 2. The number of hydrogen-bond acceptors (Lipinski definition) is 3. The number of imidazole rings is 1. The van der Waals surface area contributed by atoms with Crippen LogP contribution in [0.1, 0.15) is 18.3 Å². The number of benzene rings is 1. The zero-order valence-corrected chi connectivity index (χ0v) is 12.1. The summed E-state index contributed by atoms with van der Waals surface area (Å²) in [6.07, 6.45) is 1.81. The first kappa shape index (κ1) is 14.3. The Balaban J connectivity index is 2.07. The number of hydrogen-bond donors (Lipinski definition) is 2. The standard InChI is InChI=1S/C15H20N4O/c1-4-16-9-15(20)18-13-5-7-14(8-6-13)19-10-17-11(2)12(19)3/h5-8,10,16H,4,9H2,1-3H3,(H,18,20). The lowest BCUT2D eigenvalue weighted by Gasteiger charge is -2.08. The summed E-state index contributed by atoms with van der Waals surface area (Å²) < 4.78 is 2.03. The Morgan fingerprint density at radius 3 is 2.50 bits per heavy atom. The van der Waals surface area contributed by atoms with Crippen molar-refractivity contribution in [3.05, 3.63) is 42.0 Å². The van der Waals surface area contributed by atoms with Crippen LogP contribution in [0.3, 0.4) is 0 Å². The number of rotatable bonds is 5. The van der Waals surface area contributed by atoms with Gasteiger partial charge in [-0.05, 0) is 44.7 Å². The van der Waals surface area contributed by atoms with Gasteiger partial charge in [-0.2, -0.15) is 0 Å². The van der Waals surface area contributed by atoms with Crippen LogP contribution in [-0.2, 0) is 4.79 Å². The van der Waals surface area contributed by atoms with Gasteiger partial charge in [0.1, 0.15) is 0 Å². The molecule has 0 atom stereocenters.